The summed E-state index contributed by atoms with van der Waals surface area (Å²) in [4.78, 5) is 4.34. The first kappa shape index (κ1) is 13.7. The molecule has 2 rings (SSSR count). The van der Waals surface area contributed by atoms with Crippen LogP contribution in [-0.2, 0) is 6.54 Å². The van der Waals surface area contributed by atoms with Crippen molar-refractivity contribution in [2.45, 2.75) is 6.54 Å². The molecular weight excluding hydrogens is 308 g/mol. The van der Waals surface area contributed by atoms with Crippen molar-refractivity contribution in [3.8, 4) is 11.6 Å². The summed E-state index contributed by atoms with van der Waals surface area (Å²) in [6, 6.07) is 11.5. The van der Waals surface area contributed by atoms with Crippen LogP contribution >= 0.6 is 15.9 Å². The first-order chi connectivity index (χ1) is 9.21. The first-order valence-corrected chi connectivity index (χ1v) is 6.59. The molecule has 1 aromatic heterocycles. The molecular formula is C14H15BrN2O2. The summed E-state index contributed by atoms with van der Waals surface area (Å²) in [5, 5.41) is 3.30. The normalized spacial score (nSPS) is 10.1. The van der Waals surface area contributed by atoms with E-state index in [1.165, 1.54) is 0 Å². The summed E-state index contributed by atoms with van der Waals surface area (Å²) in [5.41, 5.74) is 1.88. The third-order valence-corrected chi connectivity index (χ3v) is 3.03. The Hall–Kier alpha value is -1.75. The Morgan fingerprint density at radius 1 is 1.16 bits per heavy atom. The van der Waals surface area contributed by atoms with Gasteiger partial charge in [-0.15, -0.1) is 0 Å². The Bertz CT molecular complexity index is 561. The number of ether oxygens (including phenoxy) is 2. The van der Waals surface area contributed by atoms with E-state index in [0.29, 0.717) is 12.4 Å². The lowest BCUT2D eigenvalue weighted by atomic mass is 10.3. The van der Waals surface area contributed by atoms with E-state index >= 15 is 0 Å². The van der Waals surface area contributed by atoms with Gasteiger partial charge in [0.25, 0.3) is 0 Å². The minimum atomic E-state index is 0.617. The van der Waals surface area contributed by atoms with E-state index in [4.69, 9.17) is 9.47 Å². The van der Waals surface area contributed by atoms with Crippen molar-refractivity contribution in [3.05, 3.63) is 46.6 Å². The summed E-state index contributed by atoms with van der Waals surface area (Å²) in [6.45, 7) is 0.622. The fourth-order valence-electron chi connectivity index (χ4n) is 1.64. The van der Waals surface area contributed by atoms with Gasteiger partial charge in [0, 0.05) is 22.3 Å². The molecule has 19 heavy (non-hydrogen) atoms. The molecule has 0 aliphatic heterocycles. The van der Waals surface area contributed by atoms with E-state index in [1.54, 1.807) is 14.2 Å². The van der Waals surface area contributed by atoms with Gasteiger partial charge in [-0.1, -0.05) is 22.0 Å². The predicted molar refractivity (Wildman–Crippen MR) is 78.8 cm³/mol. The van der Waals surface area contributed by atoms with Gasteiger partial charge in [0.15, 0.2) is 0 Å². The number of hydrogen-bond acceptors (Lipinski definition) is 4. The van der Waals surface area contributed by atoms with E-state index in [2.05, 4.69) is 26.2 Å². The van der Waals surface area contributed by atoms with Gasteiger partial charge in [0.05, 0.1) is 26.5 Å². The Labute approximate surface area is 120 Å². The Morgan fingerprint density at radius 2 is 2.00 bits per heavy atom. The van der Waals surface area contributed by atoms with E-state index < -0.39 is 0 Å². The number of pyridine rings is 1. The molecule has 0 radical (unpaired) electrons. The van der Waals surface area contributed by atoms with Crippen LogP contribution in [0.25, 0.3) is 0 Å². The molecule has 0 fully saturated rings. The zero-order valence-electron chi connectivity index (χ0n) is 10.8. The lowest BCUT2D eigenvalue weighted by Crippen LogP contribution is -2.02. The molecule has 0 aliphatic rings. The molecule has 0 atom stereocenters. The van der Waals surface area contributed by atoms with E-state index in [9.17, 15) is 0 Å². The Kier molecular flexibility index (Phi) is 4.63. The molecule has 0 unspecified atom stereocenters. The zero-order valence-corrected chi connectivity index (χ0v) is 12.4. The number of benzene rings is 1. The summed E-state index contributed by atoms with van der Waals surface area (Å²) in [7, 11) is 3.26. The Morgan fingerprint density at radius 3 is 2.74 bits per heavy atom. The third-order valence-electron chi connectivity index (χ3n) is 2.57. The lowest BCUT2D eigenvalue weighted by molar-refractivity contribution is 0.396. The van der Waals surface area contributed by atoms with E-state index in [0.717, 1.165) is 21.6 Å². The second kappa shape index (κ2) is 6.43. The van der Waals surface area contributed by atoms with E-state index in [1.807, 2.05) is 36.4 Å². The second-order valence-electron chi connectivity index (χ2n) is 3.90. The molecule has 1 aromatic carbocycles. The maximum absolute atomic E-state index is 5.22. The molecule has 0 saturated carbocycles. The van der Waals surface area contributed by atoms with Crippen LogP contribution in [0, 0.1) is 0 Å². The van der Waals surface area contributed by atoms with Gasteiger partial charge in [-0.2, -0.15) is 0 Å². The average Bonchev–Trinajstić information content (AvgIpc) is 2.44. The maximum atomic E-state index is 5.22. The van der Waals surface area contributed by atoms with Crippen LogP contribution in [-0.4, -0.2) is 19.2 Å². The smallest absolute Gasteiger partial charge is 0.213 e. The van der Waals surface area contributed by atoms with Crippen molar-refractivity contribution in [2.24, 2.45) is 0 Å². The van der Waals surface area contributed by atoms with Crippen molar-refractivity contribution >= 4 is 21.6 Å². The standard InChI is InChI=1S/C14H15BrN2O2/c1-18-13-7-10(15)6-12(8-13)16-9-11-4-3-5-14(17-11)19-2/h3-8,16H,9H2,1-2H3. The number of anilines is 1. The summed E-state index contributed by atoms with van der Waals surface area (Å²) >= 11 is 3.45. The van der Waals surface area contributed by atoms with Gasteiger partial charge in [-0.25, -0.2) is 4.98 Å². The van der Waals surface area contributed by atoms with Crippen molar-refractivity contribution in [3.63, 3.8) is 0 Å². The van der Waals surface area contributed by atoms with Crippen molar-refractivity contribution < 1.29 is 9.47 Å². The number of nitrogens with zero attached hydrogens (tertiary/aromatic N) is 1. The third kappa shape index (κ3) is 3.86. The number of hydrogen-bond donors (Lipinski definition) is 1. The predicted octanol–water partition coefficient (Wildman–Crippen LogP) is 3.47. The van der Waals surface area contributed by atoms with Crippen molar-refractivity contribution in [2.75, 3.05) is 19.5 Å². The molecule has 1 N–H and O–H groups in total. The van der Waals surface area contributed by atoms with Gasteiger partial charge in [0.1, 0.15) is 5.75 Å². The largest absolute Gasteiger partial charge is 0.497 e. The summed E-state index contributed by atoms with van der Waals surface area (Å²) in [6.07, 6.45) is 0. The maximum Gasteiger partial charge on any atom is 0.213 e. The molecule has 5 heteroatoms. The highest BCUT2D eigenvalue weighted by Gasteiger charge is 2.01. The molecule has 0 spiro atoms. The topological polar surface area (TPSA) is 43.4 Å². The van der Waals surface area contributed by atoms with Crippen LogP contribution in [0.5, 0.6) is 11.6 Å². The SMILES string of the molecule is COc1cc(Br)cc(NCc2cccc(OC)n2)c1. The minimum Gasteiger partial charge on any atom is -0.497 e. The van der Waals surface area contributed by atoms with Gasteiger partial charge >= 0.3 is 0 Å². The monoisotopic (exact) mass is 322 g/mol. The summed E-state index contributed by atoms with van der Waals surface area (Å²) in [5.74, 6) is 1.42. The fourth-order valence-corrected chi connectivity index (χ4v) is 2.12. The van der Waals surface area contributed by atoms with Crippen LogP contribution in [0.3, 0.4) is 0 Å². The minimum absolute atomic E-state index is 0.617. The van der Waals surface area contributed by atoms with Gasteiger partial charge in [-0.05, 0) is 18.2 Å². The highest BCUT2D eigenvalue weighted by atomic mass is 79.9. The number of nitrogens with one attached hydrogen (secondary N) is 1. The first-order valence-electron chi connectivity index (χ1n) is 5.79. The van der Waals surface area contributed by atoms with Crippen LogP contribution in [0.1, 0.15) is 5.69 Å². The molecule has 1 heterocycles. The second-order valence-corrected chi connectivity index (χ2v) is 4.82. The Balaban J connectivity index is 2.07. The molecule has 0 aliphatic carbocycles. The van der Waals surface area contributed by atoms with E-state index in [-0.39, 0.29) is 0 Å². The van der Waals surface area contributed by atoms with Crippen molar-refractivity contribution in [1.29, 1.82) is 0 Å². The van der Waals surface area contributed by atoms with Crippen molar-refractivity contribution in [1.82, 2.24) is 4.98 Å². The molecule has 0 bridgehead atoms. The molecule has 0 saturated heterocycles. The fraction of sp³-hybridized carbons (Fsp3) is 0.214. The highest BCUT2D eigenvalue weighted by molar-refractivity contribution is 9.10. The number of rotatable bonds is 5. The van der Waals surface area contributed by atoms with Crippen LogP contribution in [0.15, 0.2) is 40.9 Å². The van der Waals surface area contributed by atoms with Gasteiger partial charge in [0.2, 0.25) is 5.88 Å². The summed E-state index contributed by atoms with van der Waals surface area (Å²) < 4.78 is 11.3. The molecule has 0 amide bonds. The van der Waals surface area contributed by atoms with Crippen LogP contribution < -0.4 is 14.8 Å². The molecule has 100 valence electrons. The lowest BCUT2D eigenvalue weighted by Gasteiger charge is -2.09. The number of aromatic nitrogens is 1. The highest BCUT2D eigenvalue weighted by Crippen LogP contribution is 2.24. The van der Waals surface area contributed by atoms with Gasteiger partial charge in [-0.3, -0.25) is 0 Å². The quantitative estimate of drug-likeness (QED) is 0.915. The molecule has 2 aromatic rings. The van der Waals surface area contributed by atoms with Crippen LogP contribution in [0.2, 0.25) is 0 Å². The van der Waals surface area contributed by atoms with Crippen LogP contribution in [0.4, 0.5) is 5.69 Å². The van der Waals surface area contributed by atoms with Gasteiger partial charge < -0.3 is 14.8 Å². The zero-order chi connectivity index (χ0) is 13.7. The average molecular weight is 323 g/mol. The molecule has 4 nitrogen and oxygen atoms in total. The number of halogens is 1. The number of methoxy groups -OCH3 is 2.